The number of halogens is 1. The zero-order chi connectivity index (χ0) is 18.3. The third-order valence-electron chi connectivity index (χ3n) is 5.17. The van der Waals surface area contributed by atoms with Crippen LogP contribution in [0.15, 0.2) is 0 Å². The number of unbranched alkanes of at least 4 members (excludes halogenated alkanes) is 9. The highest BCUT2D eigenvalue weighted by atomic mass is 35.6. The maximum atomic E-state index is 6.86. The monoisotopic (exact) mass is 376 g/mol. The lowest BCUT2D eigenvalue weighted by Crippen LogP contribution is -2.56. The molecule has 0 saturated carbocycles. The number of hydrogen-bond acceptors (Lipinski definition) is 0. The Bertz CT molecular complexity index is 244. The van der Waals surface area contributed by atoms with Gasteiger partial charge in [-0.05, 0) is 38.5 Å². The molecule has 0 radical (unpaired) electrons. The van der Waals surface area contributed by atoms with E-state index in [2.05, 4.69) is 33.9 Å². The number of quaternary nitrogens is 1. The molecule has 1 nitrogen and oxygen atoms in total. The Morgan fingerprint density at radius 1 is 0.583 bits per heavy atom. The normalized spacial score (nSPS) is 12.8. The first kappa shape index (κ1) is 24.5. The Morgan fingerprint density at radius 2 is 0.917 bits per heavy atom. The van der Waals surface area contributed by atoms with Gasteiger partial charge in [0.05, 0.1) is 25.8 Å². The van der Waals surface area contributed by atoms with E-state index in [0.717, 1.165) is 0 Å². The molecule has 0 aromatic heterocycles. The van der Waals surface area contributed by atoms with Crippen molar-refractivity contribution in [3.63, 3.8) is 0 Å². The van der Waals surface area contributed by atoms with Crippen molar-refractivity contribution in [2.24, 2.45) is 0 Å². The third kappa shape index (κ3) is 13.7. The Morgan fingerprint density at radius 3 is 1.17 bits per heavy atom. The lowest BCUT2D eigenvalue weighted by Gasteiger charge is -2.42. The molecule has 0 bridgehead atoms. The van der Waals surface area contributed by atoms with Gasteiger partial charge in [0.2, 0.25) is 7.38 Å². The molecule has 0 heterocycles. The van der Waals surface area contributed by atoms with Gasteiger partial charge in [0, 0.05) is 0 Å². The van der Waals surface area contributed by atoms with Gasteiger partial charge in [-0.25, -0.2) is 0 Å². The molecule has 0 fully saturated rings. The van der Waals surface area contributed by atoms with Crippen molar-refractivity contribution in [3.8, 4) is 0 Å². The first-order valence-corrected chi connectivity index (χ1v) is 15.1. The van der Waals surface area contributed by atoms with Crippen LogP contribution >= 0.6 is 11.1 Å². The lowest BCUT2D eigenvalue weighted by atomic mass is 10.1. The zero-order valence-electron chi connectivity index (χ0n) is 17.6. The van der Waals surface area contributed by atoms with E-state index in [1.165, 1.54) is 107 Å². The molecular formula is C21H47ClNSi+. The maximum absolute atomic E-state index is 6.86. The van der Waals surface area contributed by atoms with Crippen LogP contribution in [0.25, 0.3) is 0 Å². The van der Waals surface area contributed by atoms with Gasteiger partial charge >= 0.3 is 0 Å². The highest BCUT2D eigenvalue weighted by Crippen LogP contribution is 2.22. The summed E-state index contributed by atoms with van der Waals surface area (Å²) in [7, 11) is -1.55. The van der Waals surface area contributed by atoms with Gasteiger partial charge in [-0.1, -0.05) is 72.4 Å². The van der Waals surface area contributed by atoms with E-state index in [9.17, 15) is 0 Å². The summed E-state index contributed by atoms with van der Waals surface area (Å²) in [6.07, 6.45) is 17.9. The summed E-state index contributed by atoms with van der Waals surface area (Å²) < 4.78 is 1.33. The van der Waals surface area contributed by atoms with Crippen LogP contribution in [-0.2, 0) is 0 Å². The molecule has 0 aromatic carbocycles. The second-order valence-corrected chi connectivity index (χ2v) is 15.4. The van der Waals surface area contributed by atoms with Crippen LogP contribution < -0.4 is 0 Å². The minimum absolute atomic E-state index is 1.28. The number of nitrogens with zero attached hydrogens (tertiary/aromatic N) is 1. The molecule has 0 aromatic rings. The Kier molecular flexibility index (Phi) is 14.9. The van der Waals surface area contributed by atoms with E-state index >= 15 is 0 Å². The quantitative estimate of drug-likeness (QED) is 0.106. The molecule has 0 spiro atoms. The van der Waals surface area contributed by atoms with E-state index in [0.29, 0.717) is 0 Å². The molecule has 146 valence electrons. The first-order chi connectivity index (χ1) is 11.4. The van der Waals surface area contributed by atoms with Crippen LogP contribution in [-0.4, -0.2) is 37.7 Å². The van der Waals surface area contributed by atoms with Crippen LogP contribution in [0.3, 0.4) is 0 Å². The van der Waals surface area contributed by atoms with Crippen molar-refractivity contribution in [2.45, 2.75) is 111 Å². The minimum atomic E-state index is -1.55. The molecule has 24 heavy (non-hydrogen) atoms. The van der Waals surface area contributed by atoms with Crippen molar-refractivity contribution in [2.75, 3.05) is 25.8 Å². The topological polar surface area (TPSA) is 0 Å². The largest absolute Gasteiger partial charge is 0.326 e. The van der Waals surface area contributed by atoms with Crippen LogP contribution in [0.1, 0.15) is 97.8 Å². The van der Waals surface area contributed by atoms with Gasteiger partial charge < -0.3 is 4.48 Å². The van der Waals surface area contributed by atoms with Crippen molar-refractivity contribution in [1.82, 2.24) is 0 Å². The van der Waals surface area contributed by atoms with Crippen LogP contribution in [0, 0.1) is 0 Å². The second kappa shape index (κ2) is 14.6. The molecule has 0 atom stereocenters. The summed E-state index contributed by atoms with van der Waals surface area (Å²) in [5.74, 6) is 0. The van der Waals surface area contributed by atoms with Crippen molar-refractivity contribution in [1.29, 1.82) is 0 Å². The summed E-state index contributed by atoms with van der Waals surface area (Å²) in [6, 6.07) is 0. The van der Waals surface area contributed by atoms with Gasteiger partial charge in [0.1, 0.15) is 0 Å². The van der Waals surface area contributed by atoms with Gasteiger partial charge in [-0.15, -0.1) is 0 Å². The third-order valence-corrected chi connectivity index (χ3v) is 6.95. The smallest absolute Gasteiger partial charge is 0.211 e. The predicted octanol–water partition coefficient (Wildman–Crippen LogP) is 7.53. The van der Waals surface area contributed by atoms with Crippen molar-refractivity contribution < 1.29 is 4.48 Å². The average Bonchev–Trinajstić information content (AvgIpc) is 2.51. The minimum Gasteiger partial charge on any atom is -0.326 e. The van der Waals surface area contributed by atoms with Crippen molar-refractivity contribution in [3.05, 3.63) is 0 Å². The fraction of sp³-hybridized carbons (Fsp3) is 1.00. The van der Waals surface area contributed by atoms with Crippen LogP contribution in [0.2, 0.25) is 13.1 Å². The van der Waals surface area contributed by atoms with E-state index in [1.54, 1.807) is 0 Å². The molecule has 0 unspecified atom stereocenters. The molecular weight excluding hydrogens is 330 g/mol. The first-order valence-electron chi connectivity index (χ1n) is 10.9. The van der Waals surface area contributed by atoms with E-state index in [-0.39, 0.29) is 0 Å². The van der Waals surface area contributed by atoms with Gasteiger partial charge in [-0.3, -0.25) is 0 Å². The summed E-state index contributed by atoms with van der Waals surface area (Å²) in [5.41, 5.74) is 0. The molecule has 0 aliphatic heterocycles. The van der Waals surface area contributed by atoms with Crippen LogP contribution in [0.5, 0.6) is 0 Å². The SMILES string of the molecule is CCCCCC[N+](CCCCCC)(CCCCCC)C[Si](C)(C)Cl. The van der Waals surface area contributed by atoms with Gasteiger partial charge in [0.25, 0.3) is 0 Å². The molecule has 0 amide bonds. The summed E-state index contributed by atoms with van der Waals surface area (Å²) >= 11 is 6.86. The molecule has 0 aliphatic carbocycles. The molecule has 0 aliphatic rings. The highest BCUT2D eigenvalue weighted by Gasteiger charge is 2.34. The molecule has 3 heteroatoms. The number of hydrogen-bond donors (Lipinski definition) is 0. The summed E-state index contributed by atoms with van der Waals surface area (Å²) in [4.78, 5) is 0. The Labute approximate surface area is 159 Å². The summed E-state index contributed by atoms with van der Waals surface area (Å²) in [6.45, 7) is 15.8. The van der Waals surface area contributed by atoms with Crippen molar-refractivity contribution >= 4 is 18.5 Å². The lowest BCUT2D eigenvalue weighted by molar-refractivity contribution is -0.919. The number of rotatable bonds is 17. The maximum Gasteiger partial charge on any atom is 0.211 e. The molecule has 0 rings (SSSR count). The van der Waals surface area contributed by atoms with Gasteiger partial charge in [-0.2, -0.15) is 11.1 Å². The predicted molar refractivity (Wildman–Crippen MR) is 115 cm³/mol. The van der Waals surface area contributed by atoms with Gasteiger partial charge in [0.15, 0.2) is 0 Å². The summed E-state index contributed by atoms with van der Waals surface area (Å²) in [5, 5.41) is 0. The van der Waals surface area contributed by atoms with E-state index in [1.807, 2.05) is 0 Å². The fourth-order valence-electron chi connectivity index (χ4n) is 3.99. The second-order valence-electron chi connectivity index (χ2n) is 8.57. The van der Waals surface area contributed by atoms with E-state index < -0.39 is 7.38 Å². The molecule has 0 saturated heterocycles. The van der Waals surface area contributed by atoms with E-state index in [4.69, 9.17) is 11.1 Å². The Hall–Kier alpha value is 0.467. The fourth-order valence-corrected chi connectivity index (χ4v) is 6.82. The highest BCUT2D eigenvalue weighted by molar-refractivity contribution is 7.19. The zero-order valence-corrected chi connectivity index (χ0v) is 19.4. The standard InChI is InChI=1S/C21H47ClNSi/c1-6-9-12-15-18-23(21-24(4,5)22,19-16-13-10-7-2)20-17-14-11-8-3/h6-21H2,1-5H3/q+1. The van der Waals surface area contributed by atoms with Crippen LogP contribution in [0.4, 0.5) is 0 Å². The Balaban J connectivity index is 4.78. The average molecular weight is 377 g/mol. The molecule has 0 N–H and O–H groups in total.